The van der Waals surface area contributed by atoms with E-state index >= 15 is 0 Å². The molecular formula is C22H19N3O4S2. The molecule has 31 heavy (non-hydrogen) atoms. The van der Waals surface area contributed by atoms with Gasteiger partial charge in [0.2, 0.25) is 0 Å². The summed E-state index contributed by atoms with van der Waals surface area (Å²) in [6.45, 7) is 1.80. The maximum Gasteiger partial charge on any atom is 0.414 e. The summed E-state index contributed by atoms with van der Waals surface area (Å²) in [6, 6.07) is 18.8. The number of fused-ring (bicyclic) bond motifs is 1. The molecule has 0 saturated carbocycles. The van der Waals surface area contributed by atoms with Crippen LogP contribution in [0.25, 0.3) is 10.4 Å². The van der Waals surface area contributed by atoms with Gasteiger partial charge in [-0.2, -0.15) is 0 Å². The summed E-state index contributed by atoms with van der Waals surface area (Å²) in [5.41, 5.74) is 1.99. The number of alkyl carbamates (subject to hydrolysis) is 1. The topological polar surface area (TPSA) is 96.5 Å². The molecule has 1 aliphatic rings. The van der Waals surface area contributed by atoms with Gasteiger partial charge < -0.3 is 15.4 Å². The average Bonchev–Trinajstić information content (AvgIpc) is 3.39. The highest BCUT2D eigenvalue weighted by Crippen LogP contribution is 2.40. The van der Waals surface area contributed by atoms with E-state index in [0.717, 1.165) is 21.0 Å². The summed E-state index contributed by atoms with van der Waals surface area (Å²) in [6.07, 6.45) is -0.833. The number of thiophene rings is 1. The smallest absolute Gasteiger partial charge is 0.414 e. The molecule has 9 heteroatoms. The molecule has 4 rings (SSSR count). The van der Waals surface area contributed by atoms with Gasteiger partial charge in [-0.25, -0.2) is 4.79 Å². The summed E-state index contributed by atoms with van der Waals surface area (Å²) in [7, 11) is 0. The number of rotatable bonds is 5. The van der Waals surface area contributed by atoms with Crippen LogP contribution >= 0.6 is 23.1 Å². The molecule has 1 aromatic heterocycles. The van der Waals surface area contributed by atoms with Crippen LogP contribution in [-0.2, 0) is 9.53 Å². The number of thioether (sulfide) groups is 1. The van der Waals surface area contributed by atoms with Crippen molar-refractivity contribution < 1.29 is 19.1 Å². The molecule has 0 saturated heterocycles. The Morgan fingerprint density at radius 2 is 1.81 bits per heavy atom. The van der Waals surface area contributed by atoms with Crippen molar-refractivity contribution in [3.63, 3.8) is 0 Å². The predicted octanol–water partition coefficient (Wildman–Crippen LogP) is 4.78. The average molecular weight is 454 g/mol. The number of nitrogens with one attached hydrogen (secondary N) is 3. The van der Waals surface area contributed by atoms with Gasteiger partial charge in [-0.1, -0.05) is 54.2 Å². The highest BCUT2D eigenvalue weighted by molar-refractivity contribution is 8.01. The Kier molecular flexibility index (Phi) is 6.24. The van der Waals surface area contributed by atoms with Gasteiger partial charge in [0, 0.05) is 15.5 Å². The highest BCUT2D eigenvalue weighted by Gasteiger charge is 2.29. The maximum atomic E-state index is 12.9. The monoisotopic (exact) mass is 453 g/mol. The minimum absolute atomic E-state index is 0.146. The first-order valence-electron chi connectivity index (χ1n) is 9.55. The fraction of sp³-hybridized carbons (Fsp3) is 0.136. The standard InChI is InChI=1S/C22H19N3O4S2/c1-2-29-22(28)25-18(26)14-12-17(13-8-4-3-5-9-13)31-20(14)24-19(27)21-23-15-10-6-7-11-16(15)30-21/h3-12,21,23H,2H2,1H3,(H,24,27)(H,25,26,28). The molecule has 2 heterocycles. The molecule has 3 aromatic rings. The SMILES string of the molecule is CCOC(=O)NC(=O)c1cc(-c2ccccc2)sc1NC(=O)C1Nc2ccccc2S1. The summed E-state index contributed by atoms with van der Waals surface area (Å²) in [4.78, 5) is 39.1. The second kappa shape index (κ2) is 9.23. The molecule has 1 atom stereocenters. The molecule has 0 aliphatic carbocycles. The molecule has 158 valence electrons. The van der Waals surface area contributed by atoms with E-state index in [1.807, 2.05) is 54.6 Å². The fourth-order valence-corrected chi connectivity index (χ4v) is 5.09. The van der Waals surface area contributed by atoms with Gasteiger partial charge >= 0.3 is 6.09 Å². The molecular weight excluding hydrogens is 434 g/mol. The number of anilines is 2. The molecule has 2 aromatic carbocycles. The van der Waals surface area contributed by atoms with E-state index in [9.17, 15) is 14.4 Å². The van der Waals surface area contributed by atoms with Crippen LogP contribution in [-0.4, -0.2) is 29.9 Å². The van der Waals surface area contributed by atoms with Crippen molar-refractivity contribution in [2.45, 2.75) is 17.2 Å². The third-order valence-corrected chi connectivity index (χ3v) is 6.70. The second-order valence-corrected chi connectivity index (χ2v) is 8.72. The molecule has 0 radical (unpaired) electrons. The number of amides is 3. The van der Waals surface area contributed by atoms with Gasteiger partial charge in [0.05, 0.1) is 12.2 Å². The van der Waals surface area contributed by atoms with Crippen LogP contribution in [0.1, 0.15) is 17.3 Å². The first-order chi connectivity index (χ1) is 15.0. The van der Waals surface area contributed by atoms with Crippen LogP contribution < -0.4 is 16.0 Å². The molecule has 1 aliphatic heterocycles. The normalized spacial score (nSPS) is 14.3. The van der Waals surface area contributed by atoms with Crippen molar-refractivity contribution in [1.82, 2.24) is 5.32 Å². The lowest BCUT2D eigenvalue weighted by Gasteiger charge is -2.11. The molecule has 0 spiro atoms. The van der Waals surface area contributed by atoms with Crippen LogP contribution in [0.5, 0.6) is 0 Å². The second-order valence-electron chi connectivity index (χ2n) is 6.52. The molecule has 7 nitrogen and oxygen atoms in total. The maximum absolute atomic E-state index is 12.9. The first kappa shape index (κ1) is 21.0. The minimum atomic E-state index is -0.833. The van der Waals surface area contributed by atoms with Gasteiger partial charge in [0.25, 0.3) is 11.8 Å². The Labute approximate surface area is 187 Å². The number of benzene rings is 2. The largest absolute Gasteiger partial charge is 0.450 e. The summed E-state index contributed by atoms with van der Waals surface area (Å²) >= 11 is 2.68. The molecule has 0 fully saturated rings. The molecule has 0 bridgehead atoms. The minimum Gasteiger partial charge on any atom is -0.450 e. The molecule has 3 amide bonds. The van der Waals surface area contributed by atoms with Crippen molar-refractivity contribution in [2.24, 2.45) is 0 Å². The Bertz CT molecular complexity index is 1110. The van der Waals surface area contributed by atoms with Crippen molar-refractivity contribution in [3.05, 3.63) is 66.2 Å². The highest BCUT2D eigenvalue weighted by atomic mass is 32.2. The molecule has 1 unspecified atom stereocenters. The van der Waals surface area contributed by atoms with Crippen molar-refractivity contribution in [2.75, 3.05) is 17.2 Å². The van der Waals surface area contributed by atoms with E-state index in [2.05, 4.69) is 16.0 Å². The van der Waals surface area contributed by atoms with Gasteiger partial charge in [0.1, 0.15) is 5.00 Å². The third kappa shape index (κ3) is 4.73. The number of hydrogen-bond donors (Lipinski definition) is 3. The van der Waals surface area contributed by atoms with E-state index in [1.165, 1.54) is 23.1 Å². The zero-order valence-electron chi connectivity index (χ0n) is 16.5. The van der Waals surface area contributed by atoms with E-state index in [-0.39, 0.29) is 18.1 Å². The van der Waals surface area contributed by atoms with Gasteiger partial charge in [-0.3, -0.25) is 14.9 Å². The fourth-order valence-electron chi connectivity index (χ4n) is 3.01. The van der Waals surface area contributed by atoms with Crippen LogP contribution in [0.15, 0.2) is 65.6 Å². The van der Waals surface area contributed by atoms with Crippen molar-refractivity contribution in [1.29, 1.82) is 0 Å². The summed E-state index contributed by atoms with van der Waals surface area (Å²) in [5, 5.41) is 8.05. The van der Waals surface area contributed by atoms with E-state index in [1.54, 1.807) is 13.0 Å². The van der Waals surface area contributed by atoms with Crippen LogP contribution in [0.2, 0.25) is 0 Å². The Morgan fingerprint density at radius 3 is 2.55 bits per heavy atom. The first-order valence-corrected chi connectivity index (χ1v) is 11.2. The van der Waals surface area contributed by atoms with Gasteiger partial charge in [-0.15, -0.1) is 11.3 Å². The third-order valence-electron chi connectivity index (χ3n) is 4.42. The Hall–Kier alpha value is -3.30. The van der Waals surface area contributed by atoms with Crippen LogP contribution in [0, 0.1) is 0 Å². The van der Waals surface area contributed by atoms with E-state index < -0.39 is 17.4 Å². The zero-order chi connectivity index (χ0) is 21.8. The van der Waals surface area contributed by atoms with E-state index in [4.69, 9.17) is 4.74 Å². The number of ether oxygens (including phenoxy) is 1. The molecule has 3 N–H and O–H groups in total. The van der Waals surface area contributed by atoms with Crippen LogP contribution in [0.3, 0.4) is 0 Å². The quantitative estimate of drug-likeness (QED) is 0.514. The number of carbonyl (C=O) groups is 3. The lowest BCUT2D eigenvalue weighted by atomic mass is 10.1. The van der Waals surface area contributed by atoms with Crippen molar-refractivity contribution in [3.8, 4) is 10.4 Å². The van der Waals surface area contributed by atoms with Gasteiger partial charge in [-0.05, 0) is 30.7 Å². The lowest BCUT2D eigenvalue weighted by Crippen LogP contribution is -2.32. The Morgan fingerprint density at radius 1 is 1.06 bits per heavy atom. The summed E-state index contributed by atoms with van der Waals surface area (Å²) in [5.74, 6) is -0.921. The number of hydrogen-bond acceptors (Lipinski definition) is 7. The Balaban J connectivity index is 1.58. The number of carbonyl (C=O) groups excluding carboxylic acids is 3. The van der Waals surface area contributed by atoms with Gasteiger partial charge in [0.15, 0.2) is 5.37 Å². The lowest BCUT2D eigenvalue weighted by molar-refractivity contribution is -0.115. The summed E-state index contributed by atoms with van der Waals surface area (Å²) < 4.78 is 4.80. The predicted molar refractivity (Wildman–Crippen MR) is 123 cm³/mol. The van der Waals surface area contributed by atoms with Crippen molar-refractivity contribution >= 4 is 51.7 Å². The van der Waals surface area contributed by atoms with Crippen LogP contribution in [0.4, 0.5) is 15.5 Å². The number of imide groups is 1. The number of para-hydroxylation sites is 1. The van der Waals surface area contributed by atoms with E-state index in [0.29, 0.717) is 5.00 Å². The zero-order valence-corrected chi connectivity index (χ0v) is 18.1.